The van der Waals surface area contributed by atoms with Gasteiger partial charge in [0.25, 0.3) is 0 Å². The van der Waals surface area contributed by atoms with Gasteiger partial charge in [-0.2, -0.15) is 11.3 Å². The van der Waals surface area contributed by atoms with Crippen molar-refractivity contribution in [1.29, 1.82) is 0 Å². The Bertz CT molecular complexity index is 908. The molecule has 1 N–H and O–H groups in total. The van der Waals surface area contributed by atoms with Crippen LogP contribution in [0.2, 0.25) is 0 Å². The Labute approximate surface area is 213 Å². The highest BCUT2D eigenvalue weighted by Crippen LogP contribution is 2.22. The number of piperidine rings is 2. The lowest BCUT2D eigenvalue weighted by molar-refractivity contribution is 0.0944. The molecule has 3 heterocycles. The van der Waals surface area contributed by atoms with Gasteiger partial charge in [-0.15, -0.1) is 0 Å². The fourth-order valence-electron chi connectivity index (χ4n) is 5.04. The molecular weight excluding hydrogens is 460 g/mol. The first-order valence-corrected chi connectivity index (χ1v) is 13.8. The summed E-state index contributed by atoms with van der Waals surface area (Å²) in [5.74, 6) is 0.592. The van der Waals surface area contributed by atoms with E-state index in [4.69, 9.17) is 4.74 Å². The molecule has 0 aliphatic carbocycles. The molecule has 8 heteroatoms. The van der Waals surface area contributed by atoms with Gasteiger partial charge in [0.1, 0.15) is 0 Å². The molecule has 190 valence electrons. The van der Waals surface area contributed by atoms with E-state index in [1.54, 1.807) is 16.2 Å². The van der Waals surface area contributed by atoms with E-state index >= 15 is 0 Å². The fourth-order valence-corrected chi connectivity index (χ4v) is 5.70. The van der Waals surface area contributed by atoms with Crippen LogP contribution in [-0.2, 0) is 17.8 Å². The first-order valence-electron chi connectivity index (χ1n) is 12.8. The van der Waals surface area contributed by atoms with Crippen LogP contribution < -0.4 is 5.32 Å². The van der Waals surface area contributed by atoms with E-state index in [-0.39, 0.29) is 18.2 Å². The molecule has 1 aromatic heterocycles. The SMILES string of the molecule is CCOC(=O)N1CCC(NC(=O)N2CCC(CN(Cc3ccccc3)Cc3ccsc3)CC2)CC1. The molecule has 0 bridgehead atoms. The van der Waals surface area contributed by atoms with Crippen LogP contribution >= 0.6 is 11.3 Å². The molecule has 0 atom stereocenters. The predicted molar refractivity (Wildman–Crippen MR) is 139 cm³/mol. The number of ether oxygens (including phenoxy) is 1. The largest absolute Gasteiger partial charge is 0.450 e. The zero-order valence-corrected chi connectivity index (χ0v) is 21.5. The summed E-state index contributed by atoms with van der Waals surface area (Å²) in [4.78, 5) is 31.0. The van der Waals surface area contributed by atoms with Gasteiger partial charge >= 0.3 is 12.1 Å². The number of urea groups is 1. The van der Waals surface area contributed by atoms with Crippen LogP contribution in [0.25, 0.3) is 0 Å². The lowest BCUT2D eigenvalue weighted by Gasteiger charge is -2.37. The topological polar surface area (TPSA) is 65.1 Å². The lowest BCUT2D eigenvalue weighted by atomic mass is 9.96. The highest BCUT2D eigenvalue weighted by Gasteiger charge is 2.28. The molecule has 2 fully saturated rings. The van der Waals surface area contributed by atoms with Crippen molar-refractivity contribution in [2.75, 3.05) is 39.3 Å². The number of likely N-dealkylation sites (tertiary alicyclic amines) is 2. The summed E-state index contributed by atoms with van der Waals surface area (Å²) in [6, 6.07) is 13.1. The normalized spacial score (nSPS) is 17.5. The molecule has 7 nitrogen and oxygen atoms in total. The summed E-state index contributed by atoms with van der Waals surface area (Å²) in [7, 11) is 0. The van der Waals surface area contributed by atoms with E-state index < -0.39 is 0 Å². The van der Waals surface area contributed by atoms with Crippen molar-refractivity contribution >= 4 is 23.5 Å². The van der Waals surface area contributed by atoms with Crippen molar-refractivity contribution in [3.05, 3.63) is 58.3 Å². The number of benzene rings is 1. The van der Waals surface area contributed by atoms with Crippen LogP contribution in [0.15, 0.2) is 47.2 Å². The number of nitrogens with zero attached hydrogens (tertiary/aromatic N) is 3. The van der Waals surface area contributed by atoms with Gasteiger partial charge in [0.05, 0.1) is 6.61 Å². The maximum absolute atomic E-state index is 12.9. The van der Waals surface area contributed by atoms with E-state index in [2.05, 4.69) is 57.4 Å². The summed E-state index contributed by atoms with van der Waals surface area (Å²) in [5.41, 5.74) is 2.71. The smallest absolute Gasteiger partial charge is 0.409 e. The van der Waals surface area contributed by atoms with E-state index in [9.17, 15) is 9.59 Å². The number of rotatable bonds is 8. The second kappa shape index (κ2) is 12.9. The molecule has 0 spiro atoms. The van der Waals surface area contributed by atoms with Gasteiger partial charge in [0.2, 0.25) is 0 Å². The number of hydrogen-bond donors (Lipinski definition) is 1. The number of carbonyl (C=O) groups is 2. The van der Waals surface area contributed by atoms with E-state index in [0.717, 1.165) is 58.4 Å². The average molecular weight is 499 g/mol. The van der Waals surface area contributed by atoms with E-state index in [0.29, 0.717) is 25.6 Å². The van der Waals surface area contributed by atoms with Crippen molar-refractivity contribution in [2.45, 2.75) is 51.7 Å². The highest BCUT2D eigenvalue weighted by atomic mass is 32.1. The van der Waals surface area contributed by atoms with Gasteiger partial charge in [0.15, 0.2) is 0 Å². The molecule has 0 saturated carbocycles. The van der Waals surface area contributed by atoms with Gasteiger partial charge in [-0.3, -0.25) is 4.90 Å². The Hall–Kier alpha value is -2.58. The van der Waals surface area contributed by atoms with Gasteiger partial charge < -0.3 is 19.9 Å². The van der Waals surface area contributed by atoms with Crippen molar-refractivity contribution < 1.29 is 14.3 Å². The van der Waals surface area contributed by atoms with Crippen LogP contribution in [0.5, 0.6) is 0 Å². The summed E-state index contributed by atoms with van der Waals surface area (Å²) in [5, 5.41) is 7.58. The summed E-state index contributed by atoms with van der Waals surface area (Å²) < 4.78 is 5.08. The number of carbonyl (C=O) groups excluding carboxylic acids is 2. The summed E-state index contributed by atoms with van der Waals surface area (Å²) in [6.07, 6.45) is 3.36. The first kappa shape index (κ1) is 25.5. The molecule has 2 saturated heterocycles. The molecule has 35 heavy (non-hydrogen) atoms. The minimum absolute atomic E-state index is 0.0393. The van der Waals surface area contributed by atoms with Crippen LogP contribution in [-0.4, -0.2) is 72.2 Å². The lowest BCUT2D eigenvalue weighted by Crippen LogP contribution is -2.52. The van der Waals surface area contributed by atoms with Crippen LogP contribution in [0, 0.1) is 5.92 Å². The Kier molecular flexibility index (Phi) is 9.42. The zero-order valence-electron chi connectivity index (χ0n) is 20.7. The molecular formula is C27H38N4O3S. The number of nitrogens with one attached hydrogen (secondary N) is 1. The Balaban J connectivity index is 1.22. The number of amides is 3. The van der Waals surface area contributed by atoms with Crippen LogP contribution in [0.3, 0.4) is 0 Å². The Morgan fingerprint density at radius 2 is 1.66 bits per heavy atom. The van der Waals surface area contributed by atoms with Gasteiger partial charge in [-0.05, 0) is 66.5 Å². The number of thiophene rings is 1. The third kappa shape index (κ3) is 7.70. The molecule has 2 aliphatic heterocycles. The van der Waals surface area contributed by atoms with Crippen molar-refractivity contribution in [2.24, 2.45) is 5.92 Å². The van der Waals surface area contributed by atoms with Crippen molar-refractivity contribution in [3.63, 3.8) is 0 Å². The monoisotopic (exact) mass is 498 g/mol. The molecule has 4 rings (SSSR count). The fraction of sp³-hybridized carbons (Fsp3) is 0.556. The van der Waals surface area contributed by atoms with Crippen LogP contribution in [0.1, 0.15) is 43.7 Å². The maximum atomic E-state index is 12.9. The maximum Gasteiger partial charge on any atom is 0.409 e. The minimum Gasteiger partial charge on any atom is -0.450 e. The second-order valence-corrected chi connectivity index (χ2v) is 10.4. The summed E-state index contributed by atoms with van der Waals surface area (Å²) >= 11 is 1.75. The van der Waals surface area contributed by atoms with Gasteiger partial charge in [-0.1, -0.05) is 30.3 Å². The average Bonchev–Trinajstić information content (AvgIpc) is 3.39. The third-order valence-corrected chi connectivity index (χ3v) is 7.73. The molecule has 1 aromatic carbocycles. The highest BCUT2D eigenvalue weighted by molar-refractivity contribution is 7.07. The first-order chi connectivity index (χ1) is 17.1. The van der Waals surface area contributed by atoms with Crippen LogP contribution in [0.4, 0.5) is 9.59 Å². The quantitative estimate of drug-likeness (QED) is 0.568. The second-order valence-electron chi connectivity index (χ2n) is 9.63. The standard InChI is InChI=1S/C27H38N4O3S/c1-2-34-27(33)31-15-10-25(11-16-31)28-26(32)30-13-8-23(9-14-30)19-29(20-24-12-17-35-21-24)18-22-6-4-3-5-7-22/h3-7,12,17,21,23,25H,2,8-11,13-16,18-20H2,1H3,(H,28,32). The Morgan fingerprint density at radius 3 is 2.31 bits per heavy atom. The molecule has 2 aliphatic rings. The predicted octanol–water partition coefficient (Wildman–Crippen LogP) is 4.79. The van der Waals surface area contributed by atoms with Crippen molar-refractivity contribution in [3.8, 4) is 0 Å². The van der Waals surface area contributed by atoms with Crippen molar-refractivity contribution in [1.82, 2.24) is 20.0 Å². The molecule has 3 amide bonds. The third-order valence-electron chi connectivity index (χ3n) is 7.00. The molecule has 0 radical (unpaired) electrons. The van der Waals surface area contributed by atoms with E-state index in [1.165, 1.54) is 11.1 Å². The van der Waals surface area contributed by atoms with Gasteiger partial charge in [-0.25, -0.2) is 9.59 Å². The minimum atomic E-state index is -0.250. The van der Waals surface area contributed by atoms with Gasteiger partial charge in [0, 0.05) is 51.9 Å². The summed E-state index contributed by atoms with van der Waals surface area (Å²) in [6.45, 7) is 8.03. The van der Waals surface area contributed by atoms with E-state index in [1.807, 2.05) is 11.8 Å². The Morgan fingerprint density at radius 1 is 0.971 bits per heavy atom. The molecule has 2 aromatic rings. The molecule has 0 unspecified atom stereocenters. The zero-order chi connectivity index (χ0) is 24.5. The number of hydrogen-bond acceptors (Lipinski definition) is 5.